The summed E-state index contributed by atoms with van der Waals surface area (Å²) in [6, 6.07) is 2.65. The minimum Gasteiger partial charge on any atom is -0.477 e. The fourth-order valence-electron chi connectivity index (χ4n) is 2.00. The van der Waals surface area contributed by atoms with Gasteiger partial charge in [-0.15, -0.1) is 13.2 Å². The van der Waals surface area contributed by atoms with E-state index in [0.29, 0.717) is 6.20 Å². The summed E-state index contributed by atoms with van der Waals surface area (Å²) in [5.41, 5.74) is -3.46. The summed E-state index contributed by atoms with van der Waals surface area (Å²) in [7, 11) is 0. The largest absolute Gasteiger partial charge is 0.573 e. The summed E-state index contributed by atoms with van der Waals surface area (Å²) in [6.45, 7) is 1.26. The summed E-state index contributed by atoms with van der Waals surface area (Å²) < 4.78 is 97.2. The molecule has 0 aliphatic carbocycles. The van der Waals surface area contributed by atoms with Gasteiger partial charge >= 0.3 is 18.5 Å². The van der Waals surface area contributed by atoms with Gasteiger partial charge in [0.1, 0.15) is 17.1 Å². The van der Waals surface area contributed by atoms with Gasteiger partial charge in [0.15, 0.2) is 17.3 Å². The van der Waals surface area contributed by atoms with Crippen LogP contribution in [-0.4, -0.2) is 22.4 Å². The van der Waals surface area contributed by atoms with Crippen molar-refractivity contribution in [2.45, 2.75) is 19.5 Å². The quantitative estimate of drug-likeness (QED) is 0.738. The molecule has 1 heterocycles. The minimum absolute atomic E-state index is 0.00777. The molecule has 0 atom stereocenters. The Labute approximate surface area is 146 Å². The number of carboxylic acid groups (broad SMARTS) is 1. The number of alkyl halides is 6. The monoisotopic (exact) mass is 399 g/mol. The number of nitrogens with zero attached hydrogens (tertiary/aromatic N) is 1. The van der Waals surface area contributed by atoms with Crippen molar-refractivity contribution in [2.75, 3.05) is 0 Å². The standard InChI is InChI=1S/C15H8F7NO4/c1-6-4-7(27-15(20,21)22)2-3-8(6)26-9-5-23-12(14(17,18)19)11(16)10(9)13(24)25/h2-5H,1H3,(H,24,25). The highest BCUT2D eigenvalue weighted by Gasteiger charge is 2.39. The second-order valence-corrected chi connectivity index (χ2v) is 5.04. The number of halogens is 7. The number of rotatable bonds is 4. The lowest BCUT2D eigenvalue weighted by Gasteiger charge is -2.15. The van der Waals surface area contributed by atoms with Crippen molar-refractivity contribution in [3.05, 3.63) is 47.0 Å². The molecule has 2 aromatic rings. The molecule has 5 nitrogen and oxygen atoms in total. The number of aromatic nitrogens is 1. The van der Waals surface area contributed by atoms with E-state index in [1.165, 1.54) is 6.92 Å². The fourth-order valence-corrected chi connectivity index (χ4v) is 2.00. The first-order valence-corrected chi connectivity index (χ1v) is 6.83. The van der Waals surface area contributed by atoms with Gasteiger partial charge in [0, 0.05) is 0 Å². The van der Waals surface area contributed by atoms with E-state index in [1.807, 2.05) is 0 Å². The second-order valence-electron chi connectivity index (χ2n) is 5.04. The molecule has 1 N–H and O–H groups in total. The van der Waals surface area contributed by atoms with Gasteiger partial charge in [-0.25, -0.2) is 14.2 Å². The van der Waals surface area contributed by atoms with Gasteiger partial charge in [-0.2, -0.15) is 13.2 Å². The molecule has 0 saturated heterocycles. The number of carbonyl (C=O) groups is 1. The summed E-state index contributed by atoms with van der Waals surface area (Å²) in [6.07, 6.45) is -9.83. The maximum absolute atomic E-state index is 13.9. The van der Waals surface area contributed by atoms with Crippen LogP contribution >= 0.6 is 0 Å². The van der Waals surface area contributed by atoms with Crippen LogP contribution in [0.3, 0.4) is 0 Å². The Bertz CT molecular complexity index is 878. The molecule has 2 rings (SSSR count). The zero-order valence-electron chi connectivity index (χ0n) is 13.1. The van der Waals surface area contributed by atoms with Crippen LogP contribution in [0.15, 0.2) is 24.4 Å². The predicted molar refractivity (Wildman–Crippen MR) is 74.1 cm³/mol. The minimum atomic E-state index is -5.24. The Hall–Kier alpha value is -3.05. The van der Waals surface area contributed by atoms with Crippen molar-refractivity contribution in [3.8, 4) is 17.2 Å². The lowest BCUT2D eigenvalue weighted by molar-refractivity contribution is -0.274. The van der Waals surface area contributed by atoms with Crippen LogP contribution < -0.4 is 9.47 Å². The van der Waals surface area contributed by atoms with Crippen LogP contribution in [0, 0.1) is 12.7 Å². The number of hydrogen-bond donors (Lipinski definition) is 1. The molecule has 0 aliphatic rings. The molecule has 0 unspecified atom stereocenters. The lowest BCUT2D eigenvalue weighted by atomic mass is 10.1. The topological polar surface area (TPSA) is 68.7 Å². The Morgan fingerprint density at radius 3 is 2.22 bits per heavy atom. The van der Waals surface area contributed by atoms with Crippen molar-refractivity contribution in [1.29, 1.82) is 0 Å². The van der Waals surface area contributed by atoms with Crippen LogP contribution in [0.25, 0.3) is 0 Å². The van der Waals surface area contributed by atoms with Crippen molar-refractivity contribution in [2.24, 2.45) is 0 Å². The lowest BCUT2D eigenvalue weighted by Crippen LogP contribution is -2.17. The van der Waals surface area contributed by atoms with Crippen LogP contribution in [0.2, 0.25) is 0 Å². The van der Waals surface area contributed by atoms with Crippen molar-refractivity contribution in [3.63, 3.8) is 0 Å². The van der Waals surface area contributed by atoms with Crippen molar-refractivity contribution < 1.29 is 50.1 Å². The van der Waals surface area contributed by atoms with Gasteiger partial charge in [-0.05, 0) is 30.7 Å². The predicted octanol–water partition coefficient (Wildman–Crippen LogP) is 4.94. The molecular formula is C15H8F7NO4. The zero-order chi connectivity index (χ0) is 20.6. The molecule has 0 fully saturated rings. The van der Waals surface area contributed by atoms with E-state index in [4.69, 9.17) is 9.84 Å². The SMILES string of the molecule is Cc1cc(OC(F)(F)F)ccc1Oc1cnc(C(F)(F)F)c(F)c1C(=O)O. The Balaban J connectivity index is 2.43. The Morgan fingerprint density at radius 1 is 1.11 bits per heavy atom. The molecule has 27 heavy (non-hydrogen) atoms. The number of aryl methyl sites for hydroxylation is 1. The average Bonchev–Trinajstić information content (AvgIpc) is 2.46. The number of aromatic carboxylic acids is 1. The molecule has 0 amide bonds. The van der Waals surface area contributed by atoms with E-state index in [1.54, 1.807) is 0 Å². The molecule has 146 valence electrons. The number of ether oxygens (including phenoxy) is 2. The van der Waals surface area contributed by atoms with Gasteiger partial charge in [0.25, 0.3) is 0 Å². The van der Waals surface area contributed by atoms with Gasteiger partial charge in [-0.3, -0.25) is 0 Å². The first-order chi connectivity index (χ1) is 12.3. The van der Waals surface area contributed by atoms with Gasteiger partial charge in [0.05, 0.1) is 6.20 Å². The van der Waals surface area contributed by atoms with E-state index < -0.39 is 47.1 Å². The summed E-state index contributed by atoms with van der Waals surface area (Å²) >= 11 is 0. The molecule has 0 saturated carbocycles. The highest BCUT2D eigenvalue weighted by molar-refractivity contribution is 5.91. The smallest absolute Gasteiger partial charge is 0.477 e. The van der Waals surface area contributed by atoms with Gasteiger partial charge in [-0.1, -0.05) is 0 Å². The zero-order valence-corrected chi connectivity index (χ0v) is 13.1. The molecule has 1 aromatic heterocycles. The van der Waals surface area contributed by atoms with E-state index in [2.05, 4.69) is 9.72 Å². The van der Waals surface area contributed by atoms with Crippen molar-refractivity contribution in [1.82, 2.24) is 4.98 Å². The van der Waals surface area contributed by atoms with Crippen LogP contribution in [0.4, 0.5) is 30.7 Å². The second kappa shape index (κ2) is 6.93. The molecule has 0 aliphatic heterocycles. The first-order valence-electron chi connectivity index (χ1n) is 6.83. The Kier molecular flexibility index (Phi) is 5.20. The molecule has 0 radical (unpaired) electrons. The number of pyridine rings is 1. The van der Waals surface area contributed by atoms with Crippen molar-refractivity contribution >= 4 is 5.97 Å². The highest BCUT2D eigenvalue weighted by Crippen LogP contribution is 2.36. The summed E-state index contributed by atoms with van der Waals surface area (Å²) in [5, 5.41) is 9.00. The molecule has 12 heteroatoms. The number of hydrogen-bond acceptors (Lipinski definition) is 4. The normalized spacial score (nSPS) is 12.0. The van der Waals surface area contributed by atoms with E-state index in [9.17, 15) is 35.5 Å². The highest BCUT2D eigenvalue weighted by atomic mass is 19.4. The molecule has 0 bridgehead atoms. The third-order valence-corrected chi connectivity index (χ3v) is 3.07. The third kappa shape index (κ3) is 4.77. The van der Waals surface area contributed by atoms with Crippen LogP contribution in [-0.2, 0) is 6.18 Å². The van der Waals surface area contributed by atoms with E-state index >= 15 is 0 Å². The van der Waals surface area contributed by atoms with Gasteiger partial charge < -0.3 is 14.6 Å². The molecule has 1 aromatic carbocycles. The summed E-state index contributed by atoms with van der Waals surface area (Å²) in [5.74, 6) is -5.91. The van der Waals surface area contributed by atoms with Crippen LogP contribution in [0.1, 0.15) is 21.6 Å². The number of benzene rings is 1. The molecular weight excluding hydrogens is 391 g/mol. The van der Waals surface area contributed by atoms with Gasteiger partial charge in [0.2, 0.25) is 0 Å². The van der Waals surface area contributed by atoms with E-state index in [-0.39, 0.29) is 11.3 Å². The van der Waals surface area contributed by atoms with E-state index in [0.717, 1.165) is 18.2 Å². The maximum Gasteiger partial charge on any atom is 0.573 e. The Morgan fingerprint density at radius 2 is 1.74 bits per heavy atom. The third-order valence-electron chi connectivity index (χ3n) is 3.07. The maximum atomic E-state index is 13.9. The first kappa shape index (κ1) is 20.3. The number of carboxylic acids is 1. The molecule has 0 spiro atoms. The summed E-state index contributed by atoms with van der Waals surface area (Å²) in [4.78, 5) is 14.0. The van der Waals surface area contributed by atoms with Crippen LogP contribution in [0.5, 0.6) is 17.2 Å². The average molecular weight is 399 g/mol. The fraction of sp³-hybridized carbons (Fsp3) is 0.200.